The molecule has 1 N–H and O–H groups in total. The van der Waals surface area contributed by atoms with Crippen LogP contribution in [0, 0.1) is 6.92 Å². The van der Waals surface area contributed by atoms with Crippen molar-refractivity contribution in [2.24, 2.45) is 0 Å². The van der Waals surface area contributed by atoms with Gasteiger partial charge in [0, 0.05) is 26.0 Å². The molecule has 0 aliphatic carbocycles. The Bertz CT molecular complexity index is 739. The van der Waals surface area contributed by atoms with Gasteiger partial charge in [0.05, 0.1) is 0 Å². The van der Waals surface area contributed by atoms with Crippen molar-refractivity contribution < 1.29 is 14.3 Å². The van der Waals surface area contributed by atoms with Crippen molar-refractivity contribution >= 4 is 50.9 Å². The van der Waals surface area contributed by atoms with Crippen molar-refractivity contribution in [3.05, 3.63) is 56.7 Å². The fourth-order valence-corrected chi connectivity index (χ4v) is 2.95. The maximum absolute atomic E-state index is 12.0. The molecule has 120 valence electrons. The number of amides is 1. The van der Waals surface area contributed by atoms with E-state index < -0.39 is 12.1 Å². The third kappa shape index (κ3) is 5.65. The van der Waals surface area contributed by atoms with E-state index in [1.807, 2.05) is 31.2 Å². The number of anilines is 1. The van der Waals surface area contributed by atoms with E-state index in [1.54, 1.807) is 29.5 Å². The Hall–Kier alpha value is -1.92. The number of hydrogen-bond acceptors (Lipinski definition) is 4. The zero-order valence-corrected chi connectivity index (χ0v) is 15.1. The summed E-state index contributed by atoms with van der Waals surface area (Å²) in [5.41, 5.74) is 0.636. The molecule has 0 fully saturated rings. The van der Waals surface area contributed by atoms with Crippen LogP contribution in [0.3, 0.4) is 0 Å². The van der Waals surface area contributed by atoms with Gasteiger partial charge in [-0.25, -0.2) is 4.79 Å². The van der Waals surface area contributed by atoms with Crippen molar-refractivity contribution in [2.45, 2.75) is 20.0 Å². The summed E-state index contributed by atoms with van der Waals surface area (Å²) in [7, 11) is 0. The van der Waals surface area contributed by atoms with E-state index in [2.05, 4.69) is 21.2 Å². The highest BCUT2D eigenvalue weighted by molar-refractivity contribution is 9.10. The molecule has 0 saturated heterocycles. The van der Waals surface area contributed by atoms with Crippen LogP contribution in [-0.2, 0) is 14.3 Å². The van der Waals surface area contributed by atoms with E-state index >= 15 is 0 Å². The summed E-state index contributed by atoms with van der Waals surface area (Å²) >= 11 is 4.91. The number of halogens is 1. The van der Waals surface area contributed by atoms with Crippen molar-refractivity contribution in [3.63, 3.8) is 0 Å². The minimum Gasteiger partial charge on any atom is -0.449 e. The standard InChI is InChI=1S/C17H16BrNO3S/c1-11-6-7-15(23-11)8-9-16(20)22-12(2)17(21)19-14-5-3-4-13(18)10-14/h3-10,12H,1-2H3,(H,19,21)/b9-8+/t12-/m1/s1. The van der Waals surface area contributed by atoms with Crippen LogP contribution in [0.4, 0.5) is 5.69 Å². The first kappa shape index (κ1) is 17.4. The molecular formula is C17H16BrNO3S. The Morgan fingerprint density at radius 1 is 1.30 bits per heavy atom. The molecule has 0 aliphatic heterocycles. The molecule has 0 bridgehead atoms. The van der Waals surface area contributed by atoms with Crippen molar-refractivity contribution in [2.75, 3.05) is 5.32 Å². The number of benzene rings is 1. The average molecular weight is 394 g/mol. The van der Waals surface area contributed by atoms with E-state index in [4.69, 9.17) is 4.74 Å². The van der Waals surface area contributed by atoms with E-state index in [0.717, 1.165) is 9.35 Å². The number of aryl methyl sites for hydroxylation is 1. The monoisotopic (exact) mass is 393 g/mol. The van der Waals surface area contributed by atoms with Gasteiger partial charge in [-0.1, -0.05) is 22.0 Å². The van der Waals surface area contributed by atoms with Gasteiger partial charge in [0.25, 0.3) is 5.91 Å². The summed E-state index contributed by atoms with van der Waals surface area (Å²) < 4.78 is 5.95. The van der Waals surface area contributed by atoms with Crippen LogP contribution in [0.25, 0.3) is 6.08 Å². The number of rotatable bonds is 5. The second-order valence-electron chi connectivity index (χ2n) is 4.86. The number of esters is 1. The van der Waals surface area contributed by atoms with E-state index in [9.17, 15) is 9.59 Å². The zero-order valence-electron chi connectivity index (χ0n) is 12.7. The molecule has 0 spiro atoms. The van der Waals surface area contributed by atoms with Gasteiger partial charge in [-0.15, -0.1) is 11.3 Å². The smallest absolute Gasteiger partial charge is 0.331 e. The predicted molar refractivity (Wildman–Crippen MR) is 96.4 cm³/mol. The second-order valence-corrected chi connectivity index (χ2v) is 7.10. The highest BCUT2D eigenvalue weighted by Gasteiger charge is 2.16. The van der Waals surface area contributed by atoms with Gasteiger partial charge in [-0.2, -0.15) is 0 Å². The van der Waals surface area contributed by atoms with Gasteiger partial charge in [-0.05, 0) is 50.3 Å². The Kier molecular flexibility index (Phi) is 6.12. The molecule has 0 unspecified atom stereocenters. The summed E-state index contributed by atoms with van der Waals surface area (Å²) in [5.74, 6) is -0.926. The lowest BCUT2D eigenvalue weighted by molar-refractivity contribution is -0.148. The topological polar surface area (TPSA) is 55.4 Å². The molecule has 2 rings (SSSR count). The summed E-state index contributed by atoms with van der Waals surface area (Å²) in [6.45, 7) is 3.53. The minimum absolute atomic E-state index is 0.378. The highest BCUT2D eigenvalue weighted by atomic mass is 79.9. The van der Waals surface area contributed by atoms with E-state index in [-0.39, 0.29) is 5.91 Å². The molecule has 1 heterocycles. The van der Waals surface area contributed by atoms with E-state index in [1.165, 1.54) is 17.9 Å². The number of carbonyl (C=O) groups is 2. The van der Waals surface area contributed by atoms with Gasteiger partial charge in [0.15, 0.2) is 6.10 Å². The SMILES string of the molecule is Cc1ccc(/C=C/C(=O)O[C@H](C)C(=O)Nc2cccc(Br)c2)s1. The Labute approximate surface area is 147 Å². The molecule has 6 heteroatoms. The third-order valence-corrected chi connectivity index (χ3v) is 4.36. The average Bonchev–Trinajstić information content (AvgIpc) is 2.90. The molecule has 0 aliphatic rings. The third-order valence-electron chi connectivity index (χ3n) is 2.90. The van der Waals surface area contributed by atoms with Crippen LogP contribution in [0.1, 0.15) is 16.7 Å². The molecule has 1 amide bonds. The molecule has 1 aromatic carbocycles. The number of hydrogen-bond donors (Lipinski definition) is 1. The van der Waals surface area contributed by atoms with Gasteiger partial charge >= 0.3 is 5.97 Å². The fourth-order valence-electron chi connectivity index (χ4n) is 1.77. The largest absolute Gasteiger partial charge is 0.449 e. The number of ether oxygens (including phenoxy) is 1. The first-order valence-electron chi connectivity index (χ1n) is 6.95. The molecule has 1 aromatic heterocycles. The molecule has 23 heavy (non-hydrogen) atoms. The first-order chi connectivity index (χ1) is 10.9. The van der Waals surface area contributed by atoms with E-state index in [0.29, 0.717) is 5.69 Å². The lowest BCUT2D eigenvalue weighted by Crippen LogP contribution is -2.29. The normalized spacial score (nSPS) is 12.1. The first-order valence-corrected chi connectivity index (χ1v) is 8.56. The van der Waals surface area contributed by atoms with Crippen molar-refractivity contribution in [1.29, 1.82) is 0 Å². The molecule has 2 aromatic rings. The van der Waals surface area contributed by atoms with Crippen LogP contribution in [0.5, 0.6) is 0 Å². The van der Waals surface area contributed by atoms with Crippen LogP contribution in [-0.4, -0.2) is 18.0 Å². The summed E-state index contributed by atoms with van der Waals surface area (Å²) in [5, 5.41) is 2.70. The van der Waals surface area contributed by atoms with Crippen molar-refractivity contribution in [3.8, 4) is 0 Å². The van der Waals surface area contributed by atoms with Gasteiger partial charge in [0.1, 0.15) is 0 Å². The lowest BCUT2D eigenvalue weighted by atomic mass is 10.3. The van der Waals surface area contributed by atoms with Gasteiger partial charge in [0.2, 0.25) is 0 Å². The number of nitrogens with one attached hydrogen (secondary N) is 1. The van der Waals surface area contributed by atoms with Gasteiger partial charge in [-0.3, -0.25) is 4.79 Å². The Balaban J connectivity index is 1.87. The molecular weight excluding hydrogens is 378 g/mol. The highest BCUT2D eigenvalue weighted by Crippen LogP contribution is 2.17. The quantitative estimate of drug-likeness (QED) is 0.604. The van der Waals surface area contributed by atoms with Crippen LogP contribution < -0.4 is 5.32 Å². The van der Waals surface area contributed by atoms with Gasteiger partial charge < -0.3 is 10.1 Å². The molecule has 4 nitrogen and oxygen atoms in total. The maximum Gasteiger partial charge on any atom is 0.331 e. The Morgan fingerprint density at radius 2 is 2.09 bits per heavy atom. The fraction of sp³-hybridized carbons (Fsp3) is 0.176. The summed E-state index contributed by atoms with van der Waals surface area (Å²) in [4.78, 5) is 25.9. The lowest BCUT2D eigenvalue weighted by Gasteiger charge is -2.12. The number of carbonyl (C=O) groups excluding carboxylic acids is 2. The Morgan fingerprint density at radius 3 is 2.74 bits per heavy atom. The molecule has 0 saturated carbocycles. The van der Waals surface area contributed by atoms with Crippen LogP contribution >= 0.6 is 27.3 Å². The second kappa shape index (κ2) is 8.08. The number of thiophene rings is 1. The maximum atomic E-state index is 12.0. The van der Waals surface area contributed by atoms with Crippen molar-refractivity contribution in [1.82, 2.24) is 0 Å². The summed E-state index contributed by atoms with van der Waals surface area (Å²) in [6.07, 6.45) is 2.13. The predicted octanol–water partition coefficient (Wildman–Crippen LogP) is 4.40. The molecule has 0 radical (unpaired) electrons. The minimum atomic E-state index is -0.879. The van der Waals surface area contributed by atoms with Crippen LogP contribution in [0.15, 0.2) is 46.9 Å². The summed E-state index contributed by atoms with van der Waals surface area (Å²) in [6, 6.07) is 11.1. The van der Waals surface area contributed by atoms with Crippen LogP contribution in [0.2, 0.25) is 0 Å². The zero-order chi connectivity index (χ0) is 16.8. The molecule has 1 atom stereocenters.